The summed E-state index contributed by atoms with van der Waals surface area (Å²) in [6.45, 7) is 0. The van der Waals surface area contributed by atoms with Gasteiger partial charge in [-0.25, -0.2) is 0 Å². The van der Waals surface area contributed by atoms with E-state index < -0.39 is 47.2 Å². The van der Waals surface area contributed by atoms with Crippen molar-refractivity contribution >= 4 is 58.2 Å². The third kappa shape index (κ3) is 66.2. The number of amides is 2. The maximum absolute atomic E-state index is 12.7. The van der Waals surface area contributed by atoms with E-state index in [1.165, 1.54) is 23.2 Å². The third-order valence-corrected chi connectivity index (χ3v) is 9.70. The maximum Gasteiger partial charge on any atom is 0.416 e. The van der Waals surface area contributed by atoms with Gasteiger partial charge in [0.1, 0.15) is 0 Å². The normalized spacial score (nSPS) is 8.00. The second kappa shape index (κ2) is 96.9. The number of carboxylic acids is 2. The minimum atomic E-state index is -4.50. The van der Waals surface area contributed by atoms with E-state index in [-0.39, 0.29) is 967 Å². The summed E-state index contributed by atoms with van der Waals surface area (Å²) in [5, 5.41) is 26.2. The van der Waals surface area contributed by atoms with Crippen molar-refractivity contribution in [1.82, 2.24) is 24.3 Å². The van der Waals surface area contributed by atoms with Gasteiger partial charge in [-0.3, -0.25) is 24.5 Å². The molecule has 0 saturated carbocycles. The molecule has 7 aromatic rings. The molecule has 460 valence electrons. The first-order valence-corrected chi connectivity index (χ1v) is 20.3. The number of halogens is 6. The van der Waals surface area contributed by atoms with Crippen molar-refractivity contribution < 1.29 is 972 Å². The molecule has 3 aromatic heterocycles. The zero-order valence-electron chi connectivity index (χ0n) is 53.4. The topological polar surface area (TPSA) is 203 Å². The number of anilines is 3. The molecule has 2 amide bonds. The number of alkyl halides is 6. The molecule has 0 spiro atoms. The number of fused-ring (bicyclic) bond motifs is 1. The van der Waals surface area contributed by atoms with E-state index in [0.29, 0.717) is 28.3 Å². The number of hydrogen-bond acceptors (Lipinski definition) is 11. The molecule has 0 unspecified atom stereocenters. The van der Waals surface area contributed by atoms with Crippen LogP contribution in [0.3, 0.4) is 0 Å². The summed E-state index contributed by atoms with van der Waals surface area (Å²) >= 11 is 0. The van der Waals surface area contributed by atoms with E-state index in [4.69, 9.17) is 0 Å². The van der Waals surface area contributed by atoms with E-state index >= 15 is 0 Å². The number of carbonyl (C=O) groups excluding carboxylic acids is 2. The van der Waals surface area contributed by atoms with E-state index in [1.54, 1.807) is 59.8 Å². The molecule has 0 saturated heterocycles. The van der Waals surface area contributed by atoms with Gasteiger partial charge in [0.15, 0.2) is 0 Å². The largest absolute Gasteiger partial charge is 0.710 e. The van der Waals surface area contributed by atoms with Crippen molar-refractivity contribution in [3.05, 3.63) is 244 Å². The molecule has 100 heavy (non-hydrogen) atoms. The van der Waals surface area contributed by atoms with Crippen molar-refractivity contribution in [2.45, 2.75) is 12.4 Å². The molecule has 0 aliphatic heterocycles. The zero-order valence-corrected chi connectivity index (χ0v) is 133. The van der Waals surface area contributed by atoms with Crippen molar-refractivity contribution in [2.75, 3.05) is 14.7 Å². The van der Waals surface area contributed by atoms with Crippen molar-refractivity contribution in [1.29, 1.82) is 0 Å². The summed E-state index contributed by atoms with van der Waals surface area (Å²) in [6.07, 6.45) is -0.711. The molecule has 3 heterocycles. The fourth-order valence-corrected chi connectivity index (χ4v) is 6.42. The van der Waals surface area contributed by atoms with Crippen LogP contribution in [0, 0.1) is 68.0 Å². The van der Waals surface area contributed by atoms with Gasteiger partial charge in [0.2, 0.25) is 0 Å². The predicted octanol–water partition coefficient (Wildman–Crippen LogP) is 10.5. The Morgan fingerprint density at radius 1 is 0.400 bits per heavy atom. The molecule has 0 bridgehead atoms. The van der Waals surface area contributed by atoms with Crippen LogP contribution in [0.4, 0.5) is 55.2 Å². The Morgan fingerprint density at radius 3 is 0.960 bits per heavy atom. The average molecular weight is 3480 g/mol. The van der Waals surface area contributed by atoms with Gasteiger partial charge in [0.05, 0.1) is 34.6 Å². The molecule has 0 aliphatic rings. The molecule has 0 aliphatic carbocycles. The van der Waals surface area contributed by atoms with Crippen LogP contribution < -0.4 is 14.7 Å². The summed E-state index contributed by atoms with van der Waals surface area (Å²) in [5.74, 6) is -2.72. The number of nitrogens with zero attached hydrogens (tertiary/aromatic N) is 10. The summed E-state index contributed by atoms with van der Waals surface area (Å²) < 4.78 is 77.8. The van der Waals surface area contributed by atoms with Gasteiger partial charge < -0.3 is 96.8 Å². The van der Waals surface area contributed by atoms with Crippen molar-refractivity contribution in [2.24, 2.45) is 0 Å². The SMILES string of the molecule is [CH2-]N([CH2-])c1nc([CH-]c2ccc([N-]C(=O)c3ccc(C(F)(F)F)cc3)cc2)n2ccnc2c1[CH-]C(=O)O.[CH2-]N([CH2-])c1nc([CH-]c2ccc([N-]C(=O)c3ccc(C(F)(F)F)cc3)cc2)nc(N([CH2-])[CH2-])c1[CH-]C(=O)O.[Y].[Y].[Y].[Y].[Y].[Y].[Y].[Y].[Y].[Y].[Y].[Y].[Y].[Y].[Y].[Y].[Y].[Y].[Y].[Y].[Y].[Y].[Y].[Y].[Y].[Y].[Y].[Y]. The molecular formula is C50H36F6N10O6Y28-12. The number of benzene rings is 4. The van der Waals surface area contributed by atoms with E-state index in [0.717, 1.165) is 71.2 Å². The summed E-state index contributed by atoms with van der Waals surface area (Å²) in [7, 11) is 22.0. The fourth-order valence-electron chi connectivity index (χ4n) is 6.42. The van der Waals surface area contributed by atoms with Gasteiger partial charge in [-0.05, 0) is 52.8 Å². The first-order chi connectivity index (χ1) is 33.9. The van der Waals surface area contributed by atoms with E-state index in [2.05, 4.69) is 72.9 Å². The van der Waals surface area contributed by atoms with Gasteiger partial charge in [-0.15, -0.1) is 48.2 Å². The molecule has 0 fully saturated rings. The summed E-state index contributed by atoms with van der Waals surface area (Å²) in [6, 6.07) is 20.4. The van der Waals surface area contributed by atoms with Crippen LogP contribution in [0.15, 0.2) is 109 Å². The Balaban J connectivity index is -0.0000000441. The minimum Gasteiger partial charge on any atom is -0.710 e. The Kier molecular flexibility index (Phi) is 176. The molecule has 7 rings (SSSR count). The fraction of sp³-hybridized carbons (Fsp3) is 0.0400. The molecule has 0 atom stereocenters. The van der Waals surface area contributed by atoms with Gasteiger partial charge >= 0.3 is 12.4 Å². The molecule has 4 aromatic carbocycles. The smallest absolute Gasteiger partial charge is 0.416 e. The molecule has 2 N–H and O–H groups in total. The van der Waals surface area contributed by atoms with E-state index in [9.17, 15) is 55.7 Å². The number of aromatic nitrogens is 5. The van der Waals surface area contributed by atoms with Crippen LogP contribution in [0.1, 0.15) is 65.7 Å². The van der Waals surface area contributed by atoms with Crippen LogP contribution in [0.2, 0.25) is 0 Å². The van der Waals surface area contributed by atoms with Crippen LogP contribution in [-0.2, 0) is 938 Å². The number of aliphatic carboxylic acids is 2. The molecule has 28 radical (unpaired) electrons. The molecule has 16 nitrogen and oxygen atoms in total. The van der Waals surface area contributed by atoms with Crippen LogP contribution in [0.5, 0.6) is 0 Å². The zero-order chi connectivity index (χ0) is 52.7. The first kappa shape index (κ1) is 182. The number of hydrogen-bond donors (Lipinski definition) is 2. The number of imidazole rings is 1. The second-order valence-corrected chi connectivity index (χ2v) is 15.0. The molecule has 50 heteroatoms. The van der Waals surface area contributed by atoms with Crippen molar-refractivity contribution in [3.63, 3.8) is 0 Å². The Bertz CT molecular complexity index is 3120. The quantitative estimate of drug-likeness (QED) is 0.0726. The monoisotopic (exact) mass is 3480 g/mol. The van der Waals surface area contributed by atoms with Gasteiger partial charge in [-0.2, -0.15) is 73.1 Å². The third-order valence-electron chi connectivity index (χ3n) is 9.70. The number of rotatable bonds is 15. The van der Waals surface area contributed by atoms with Crippen LogP contribution in [0.25, 0.3) is 16.3 Å². The molecular weight excluding hydrogens is 3440 g/mol. The Labute approximate surface area is 1290 Å². The van der Waals surface area contributed by atoms with Crippen LogP contribution >= 0.6 is 0 Å². The Hall–Kier alpha value is 21.8. The van der Waals surface area contributed by atoms with Gasteiger partial charge in [0.25, 0.3) is 11.9 Å². The summed E-state index contributed by atoms with van der Waals surface area (Å²) in [5.41, 5.74) is 0.933. The Morgan fingerprint density at radius 2 is 0.680 bits per heavy atom. The number of carboxylic acid groups (broad SMARTS) is 2. The van der Waals surface area contributed by atoms with Gasteiger partial charge in [-0.1, -0.05) is 37.1 Å². The minimum absolute atomic E-state index is 0. The standard InChI is InChI=1S/C25H18F3N5O3.C25H20F3N5O3.28Y/c1-32(2)23-19(14-21(34)35)22-29-11-12-33(22)20(31-23)13-15-3-9-18(10-4-15)30-24(36)16-5-7-17(8-6-16)25(26,27)28;1-32(2)22-19(14-21(34)35)23(33(3)4)31-20(30-22)13-15-5-11-18(12-6-15)29-24(36)16-7-9-17(10-8-16)25(26,27)28;;;;;;;;;;;;;;;;;;;;;;;;;;;;/h3-14H,1-2H2,(H2,30,34,35,36);5-14H,1-4H2,(H2,29,34,35,36);;;;;;;;;;;;;;;;;;;;;;;;;;;;/q-4;-6;;;;;;;;;;;;;;;;;;;;;;;;;;;;/p-2. The van der Waals surface area contributed by atoms with E-state index in [1.807, 2.05) is 0 Å². The summed E-state index contributed by atoms with van der Waals surface area (Å²) in [4.78, 5) is 67.9. The predicted molar refractivity (Wildman–Crippen MR) is 252 cm³/mol. The van der Waals surface area contributed by atoms with Gasteiger partial charge in [0, 0.05) is 934 Å². The average Bonchev–Trinajstić information content (AvgIpc) is 3.82. The van der Waals surface area contributed by atoms with Crippen LogP contribution in [-0.4, -0.2) is 58.3 Å². The number of carbonyl (C=O) groups is 4. The second-order valence-electron chi connectivity index (χ2n) is 15.0. The maximum atomic E-state index is 12.7. The first-order valence-electron chi connectivity index (χ1n) is 20.3. The van der Waals surface area contributed by atoms with Crippen molar-refractivity contribution in [3.8, 4) is 0 Å².